The van der Waals surface area contributed by atoms with Gasteiger partial charge in [-0.1, -0.05) is 0 Å². The van der Waals surface area contributed by atoms with Gasteiger partial charge in [0, 0.05) is 12.2 Å². The number of nitrogens with one attached hydrogen (secondary N) is 1. The van der Waals surface area contributed by atoms with Gasteiger partial charge in [0.1, 0.15) is 5.82 Å². The predicted octanol–water partition coefficient (Wildman–Crippen LogP) is 3.16. The fourth-order valence-corrected chi connectivity index (χ4v) is 1.50. The molecule has 0 saturated carbocycles. The minimum Gasteiger partial charge on any atom is -0.390 e. The summed E-state index contributed by atoms with van der Waals surface area (Å²) in [5.41, 5.74) is 0.164. The van der Waals surface area contributed by atoms with Crippen molar-refractivity contribution in [2.24, 2.45) is 0 Å². The number of hydrogen-bond donors (Lipinski definition) is 2. The maximum Gasteiger partial charge on any atom is 0.137 e. The largest absolute Gasteiger partial charge is 0.390 e. The maximum atomic E-state index is 12.9. The second-order valence-corrected chi connectivity index (χ2v) is 4.97. The first kappa shape index (κ1) is 12.5. The second kappa shape index (κ2) is 4.94. The molecule has 0 unspecified atom stereocenters. The predicted molar refractivity (Wildman–Crippen MR) is 63.5 cm³/mol. The van der Waals surface area contributed by atoms with Crippen LogP contribution in [0.15, 0.2) is 22.7 Å². The molecule has 4 heteroatoms. The topological polar surface area (TPSA) is 32.3 Å². The van der Waals surface area contributed by atoms with Crippen molar-refractivity contribution < 1.29 is 9.50 Å². The van der Waals surface area contributed by atoms with Gasteiger partial charge in [0.15, 0.2) is 0 Å². The summed E-state index contributed by atoms with van der Waals surface area (Å²) in [6, 6.07) is 4.75. The molecule has 0 aliphatic heterocycles. The van der Waals surface area contributed by atoms with E-state index in [9.17, 15) is 9.50 Å². The van der Waals surface area contributed by atoms with Gasteiger partial charge in [-0.05, 0) is 54.4 Å². The van der Waals surface area contributed by atoms with Crippen LogP contribution in [0.5, 0.6) is 0 Å². The van der Waals surface area contributed by atoms with Crippen molar-refractivity contribution in [3.8, 4) is 0 Å². The number of halogens is 2. The van der Waals surface area contributed by atoms with Crippen molar-refractivity contribution in [2.75, 3.05) is 11.9 Å². The van der Waals surface area contributed by atoms with E-state index < -0.39 is 5.60 Å². The summed E-state index contributed by atoms with van der Waals surface area (Å²) in [6.07, 6.45) is 0.641. The molecule has 0 heterocycles. The SMILES string of the molecule is CC(C)(O)CCNc1ccc(F)c(Br)c1. The summed E-state index contributed by atoms with van der Waals surface area (Å²) in [5.74, 6) is -0.275. The lowest BCUT2D eigenvalue weighted by Gasteiger charge is -2.17. The summed E-state index contributed by atoms with van der Waals surface area (Å²) in [5, 5.41) is 12.6. The highest BCUT2D eigenvalue weighted by atomic mass is 79.9. The lowest BCUT2D eigenvalue weighted by Crippen LogP contribution is -2.22. The molecule has 0 aliphatic rings. The van der Waals surface area contributed by atoms with Crippen molar-refractivity contribution in [2.45, 2.75) is 25.9 Å². The van der Waals surface area contributed by atoms with Crippen LogP contribution in [0.1, 0.15) is 20.3 Å². The molecule has 15 heavy (non-hydrogen) atoms. The van der Waals surface area contributed by atoms with Crippen molar-refractivity contribution in [1.82, 2.24) is 0 Å². The van der Waals surface area contributed by atoms with Crippen LogP contribution in [0.3, 0.4) is 0 Å². The zero-order valence-corrected chi connectivity index (χ0v) is 10.4. The van der Waals surface area contributed by atoms with E-state index in [4.69, 9.17) is 0 Å². The number of aliphatic hydroxyl groups is 1. The Bertz CT molecular complexity index is 336. The molecule has 0 saturated heterocycles. The van der Waals surface area contributed by atoms with E-state index >= 15 is 0 Å². The monoisotopic (exact) mass is 275 g/mol. The lowest BCUT2D eigenvalue weighted by atomic mass is 10.1. The van der Waals surface area contributed by atoms with Crippen LogP contribution in [0.2, 0.25) is 0 Å². The van der Waals surface area contributed by atoms with Crippen LogP contribution in [0, 0.1) is 5.82 Å². The summed E-state index contributed by atoms with van der Waals surface area (Å²) in [6.45, 7) is 4.17. The lowest BCUT2D eigenvalue weighted by molar-refractivity contribution is 0.0749. The van der Waals surface area contributed by atoms with Gasteiger partial charge in [-0.25, -0.2) is 4.39 Å². The molecule has 1 aromatic rings. The molecule has 0 fully saturated rings. The van der Waals surface area contributed by atoms with Gasteiger partial charge in [0.25, 0.3) is 0 Å². The molecule has 0 bridgehead atoms. The van der Waals surface area contributed by atoms with Gasteiger partial charge in [0.05, 0.1) is 10.1 Å². The first-order valence-corrected chi connectivity index (χ1v) is 5.59. The molecule has 2 nitrogen and oxygen atoms in total. The summed E-state index contributed by atoms with van der Waals surface area (Å²) < 4.78 is 13.3. The summed E-state index contributed by atoms with van der Waals surface area (Å²) in [7, 11) is 0. The van der Waals surface area contributed by atoms with Crippen molar-refractivity contribution in [3.05, 3.63) is 28.5 Å². The first-order chi connectivity index (χ1) is 6.88. The van der Waals surface area contributed by atoms with Crippen molar-refractivity contribution in [1.29, 1.82) is 0 Å². The van der Waals surface area contributed by atoms with Crippen LogP contribution in [-0.2, 0) is 0 Å². The molecule has 0 aliphatic carbocycles. The highest BCUT2D eigenvalue weighted by Gasteiger charge is 2.11. The normalized spacial score (nSPS) is 11.5. The molecule has 1 aromatic carbocycles. The molecule has 0 spiro atoms. The number of hydrogen-bond acceptors (Lipinski definition) is 2. The Kier molecular flexibility index (Phi) is 4.11. The van der Waals surface area contributed by atoms with E-state index in [1.165, 1.54) is 6.07 Å². The Morgan fingerprint density at radius 2 is 2.13 bits per heavy atom. The maximum absolute atomic E-state index is 12.9. The third kappa shape index (κ3) is 4.62. The molecule has 2 N–H and O–H groups in total. The molecule has 0 amide bonds. The van der Waals surface area contributed by atoms with E-state index in [1.807, 2.05) is 0 Å². The fraction of sp³-hybridized carbons (Fsp3) is 0.455. The van der Waals surface area contributed by atoms with E-state index in [2.05, 4.69) is 21.2 Å². The summed E-state index contributed by atoms with van der Waals surface area (Å²) in [4.78, 5) is 0. The van der Waals surface area contributed by atoms with Crippen LogP contribution >= 0.6 is 15.9 Å². The molecular formula is C11H15BrFNO. The van der Waals surface area contributed by atoms with Gasteiger partial charge in [-0.15, -0.1) is 0 Å². The van der Waals surface area contributed by atoms with Crippen LogP contribution in [-0.4, -0.2) is 17.3 Å². The van der Waals surface area contributed by atoms with Crippen molar-refractivity contribution in [3.63, 3.8) is 0 Å². The Hall–Kier alpha value is -0.610. The van der Waals surface area contributed by atoms with Crippen LogP contribution < -0.4 is 5.32 Å². The van der Waals surface area contributed by atoms with Gasteiger partial charge in [0.2, 0.25) is 0 Å². The zero-order chi connectivity index (χ0) is 11.5. The first-order valence-electron chi connectivity index (χ1n) is 4.80. The van der Waals surface area contributed by atoms with Gasteiger partial charge < -0.3 is 10.4 Å². The van der Waals surface area contributed by atoms with Crippen LogP contribution in [0.25, 0.3) is 0 Å². The minimum absolute atomic E-state index is 0.275. The minimum atomic E-state index is -0.676. The third-order valence-electron chi connectivity index (χ3n) is 1.99. The van der Waals surface area contributed by atoms with E-state index in [0.29, 0.717) is 17.4 Å². The highest BCUT2D eigenvalue weighted by Crippen LogP contribution is 2.20. The number of rotatable bonds is 4. The highest BCUT2D eigenvalue weighted by molar-refractivity contribution is 9.10. The summed E-state index contributed by atoms with van der Waals surface area (Å²) >= 11 is 3.11. The third-order valence-corrected chi connectivity index (χ3v) is 2.59. The van der Waals surface area contributed by atoms with E-state index in [-0.39, 0.29) is 5.82 Å². The number of benzene rings is 1. The molecule has 0 atom stereocenters. The van der Waals surface area contributed by atoms with Gasteiger partial charge >= 0.3 is 0 Å². The van der Waals surface area contributed by atoms with Gasteiger partial charge in [-0.2, -0.15) is 0 Å². The average molecular weight is 276 g/mol. The van der Waals surface area contributed by atoms with Gasteiger partial charge in [-0.3, -0.25) is 0 Å². The Balaban J connectivity index is 2.48. The molecule has 0 aromatic heterocycles. The molecule has 0 radical (unpaired) electrons. The van der Waals surface area contributed by atoms with E-state index in [1.54, 1.807) is 26.0 Å². The quantitative estimate of drug-likeness (QED) is 0.885. The van der Waals surface area contributed by atoms with Crippen LogP contribution in [0.4, 0.5) is 10.1 Å². The van der Waals surface area contributed by atoms with E-state index in [0.717, 1.165) is 5.69 Å². The zero-order valence-electron chi connectivity index (χ0n) is 8.85. The smallest absolute Gasteiger partial charge is 0.137 e. The molecular weight excluding hydrogens is 261 g/mol. The Labute approximate surface area is 97.6 Å². The van der Waals surface area contributed by atoms with Crippen molar-refractivity contribution >= 4 is 21.6 Å². The number of anilines is 1. The Morgan fingerprint density at radius 1 is 1.47 bits per heavy atom. The fourth-order valence-electron chi connectivity index (χ4n) is 1.12. The standard InChI is InChI=1S/C11H15BrFNO/c1-11(2,15)5-6-14-8-3-4-10(13)9(12)7-8/h3-4,7,14-15H,5-6H2,1-2H3. The second-order valence-electron chi connectivity index (χ2n) is 4.12. The Morgan fingerprint density at radius 3 is 2.67 bits per heavy atom. The molecule has 84 valence electrons. The average Bonchev–Trinajstić information content (AvgIpc) is 2.09. The molecule has 1 rings (SSSR count).